The van der Waals surface area contributed by atoms with Crippen molar-refractivity contribution in [3.8, 4) is 0 Å². The third kappa shape index (κ3) is 3.30. The van der Waals surface area contributed by atoms with Gasteiger partial charge in [-0.1, -0.05) is 18.7 Å². The Bertz CT molecular complexity index is 774. The van der Waals surface area contributed by atoms with Crippen LogP contribution in [0.5, 0.6) is 0 Å². The lowest BCUT2D eigenvalue weighted by Crippen LogP contribution is -2.53. The first kappa shape index (κ1) is 18.6. The minimum Gasteiger partial charge on any atom is -0.474 e. The number of hydrogen-bond donors (Lipinski definition) is 2. The molecule has 3 aliphatic heterocycles. The van der Waals surface area contributed by atoms with Gasteiger partial charge in [0, 0.05) is 31.5 Å². The predicted molar refractivity (Wildman–Crippen MR) is 108 cm³/mol. The highest BCUT2D eigenvalue weighted by Gasteiger charge is 2.54. The van der Waals surface area contributed by atoms with Gasteiger partial charge in [0.05, 0.1) is 11.5 Å². The van der Waals surface area contributed by atoms with E-state index in [1.54, 1.807) is 0 Å². The van der Waals surface area contributed by atoms with E-state index in [0.717, 1.165) is 25.1 Å². The molecule has 0 aromatic heterocycles. The van der Waals surface area contributed by atoms with E-state index in [9.17, 15) is 4.79 Å². The molecule has 2 N–H and O–H groups in total. The molecule has 0 bridgehead atoms. The van der Waals surface area contributed by atoms with Crippen molar-refractivity contribution in [1.29, 1.82) is 0 Å². The average Bonchev–Trinajstić information content (AvgIpc) is 3.45. The molecule has 5 nitrogen and oxygen atoms in total. The molecule has 3 heterocycles. The minimum absolute atomic E-state index is 0.00136. The Hall–Kier alpha value is -1.76. The highest BCUT2D eigenvalue weighted by molar-refractivity contribution is 7.81. The largest absolute Gasteiger partial charge is 0.474 e. The Kier molecular flexibility index (Phi) is 4.82. The molecule has 0 amide bonds. The second-order valence-corrected chi connectivity index (χ2v) is 8.30. The maximum Gasteiger partial charge on any atom is 0.225 e. The van der Waals surface area contributed by atoms with Gasteiger partial charge in [0.25, 0.3) is 0 Å². The number of aldehydes is 1. The average molecular weight is 387 g/mol. The molecule has 3 fully saturated rings. The van der Waals surface area contributed by atoms with Crippen molar-refractivity contribution in [3.63, 3.8) is 0 Å². The Balaban J connectivity index is 1.76. The molecule has 0 saturated carbocycles. The van der Waals surface area contributed by atoms with E-state index in [1.807, 2.05) is 0 Å². The van der Waals surface area contributed by atoms with Crippen LogP contribution in [0.15, 0.2) is 24.4 Å². The summed E-state index contributed by atoms with van der Waals surface area (Å²) in [4.78, 5) is 11.2. The Morgan fingerprint density at radius 2 is 1.96 bits per heavy atom. The number of nitrogens with one attached hydrogen (secondary N) is 2. The van der Waals surface area contributed by atoms with Gasteiger partial charge in [-0.15, -0.1) is 0 Å². The summed E-state index contributed by atoms with van der Waals surface area (Å²) < 4.78 is 11.6. The molecule has 1 aromatic rings. The summed E-state index contributed by atoms with van der Waals surface area (Å²) in [5.41, 5.74) is 5.62. The van der Waals surface area contributed by atoms with Gasteiger partial charge in [0.2, 0.25) is 5.05 Å². The predicted octanol–water partition coefficient (Wildman–Crippen LogP) is 2.61. The molecule has 0 radical (unpaired) electrons. The Labute approximate surface area is 165 Å². The number of aryl methyl sites for hydroxylation is 2. The van der Waals surface area contributed by atoms with Crippen LogP contribution in [-0.4, -0.2) is 42.7 Å². The van der Waals surface area contributed by atoms with Crippen molar-refractivity contribution < 1.29 is 14.3 Å². The molecule has 0 aliphatic carbocycles. The van der Waals surface area contributed by atoms with Crippen LogP contribution < -0.4 is 10.6 Å². The van der Waals surface area contributed by atoms with Crippen molar-refractivity contribution in [2.24, 2.45) is 0 Å². The normalized spacial score (nSPS) is 28.7. The van der Waals surface area contributed by atoms with E-state index in [1.165, 1.54) is 22.3 Å². The van der Waals surface area contributed by atoms with Crippen molar-refractivity contribution in [2.45, 2.75) is 50.3 Å². The summed E-state index contributed by atoms with van der Waals surface area (Å²) in [6.45, 7) is 11.0. The van der Waals surface area contributed by atoms with E-state index < -0.39 is 0 Å². The fraction of sp³-hybridized carbons (Fsp3) is 0.524. The minimum atomic E-state index is -0.303. The number of thiocarbonyl (C=S) groups is 1. The summed E-state index contributed by atoms with van der Waals surface area (Å²) in [7, 11) is 0. The summed E-state index contributed by atoms with van der Waals surface area (Å²) in [5, 5.41) is 6.98. The lowest BCUT2D eigenvalue weighted by atomic mass is 9.77. The number of carbonyl (C=O) groups excluding carboxylic acids is 1. The van der Waals surface area contributed by atoms with Crippen LogP contribution in [0.25, 0.3) is 0 Å². The van der Waals surface area contributed by atoms with Gasteiger partial charge in [-0.3, -0.25) is 4.79 Å². The molecule has 3 unspecified atom stereocenters. The molecule has 4 rings (SSSR count). The smallest absolute Gasteiger partial charge is 0.225 e. The second-order valence-electron chi connectivity index (χ2n) is 7.90. The third-order valence-electron chi connectivity index (χ3n) is 6.09. The number of carbonyl (C=O) groups is 1. The molecule has 1 spiro atoms. The summed E-state index contributed by atoms with van der Waals surface area (Å²) >= 11 is 5.13. The first-order valence-electron chi connectivity index (χ1n) is 9.50. The maximum absolute atomic E-state index is 11.2. The van der Waals surface area contributed by atoms with Crippen LogP contribution in [0.3, 0.4) is 0 Å². The quantitative estimate of drug-likeness (QED) is 0.471. The van der Waals surface area contributed by atoms with E-state index in [2.05, 4.69) is 43.2 Å². The highest BCUT2D eigenvalue weighted by atomic mass is 32.1. The van der Waals surface area contributed by atoms with Gasteiger partial charge in [-0.2, -0.15) is 0 Å². The van der Waals surface area contributed by atoms with Crippen LogP contribution >= 0.6 is 12.2 Å². The molecule has 6 heteroatoms. The van der Waals surface area contributed by atoms with Gasteiger partial charge in [0.15, 0.2) is 6.29 Å². The molecule has 3 atom stereocenters. The fourth-order valence-corrected chi connectivity index (χ4v) is 4.87. The number of ether oxygens (including phenoxy) is 2. The summed E-state index contributed by atoms with van der Waals surface area (Å²) in [6.07, 6.45) is 1.95. The first-order chi connectivity index (χ1) is 12.9. The van der Waals surface area contributed by atoms with Gasteiger partial charge < -0.3 is 20.1 Å². The molecule has 1 aromatic carbocycles. The van der Waals surface area contributed by atoms with E-state index in [0.29, 0.717) is 25.5 Å². The van der Waals surface area contributed by atoms with Crippen LogP contribution in [0.4, 0.5) is 0 Å². The summed E-state index contributed by atoms with van der Waals surface area (Å²) in [5.74, 6) is -0.0535. The van der Waals surface area contributed by atoms with E-state index in [4.69, 9.17) is 21.7 Å². The van der Waals surface area contributed by atoms with Crippen molar-refractivity contribution in [3.05, 3.63) is 46.7 Å². The van der Waals surface area contributed by atoms with Crippen molar-refractivity contribution in [1.82, 2.24) is 10.6 Å². The first-order valence-corrected chi connectivity index (χ1v) is 9.91. The molecule has 27 heavy (non-hydrogen) atoms. The number of rotatable bonds is 4. The van der Waals surface area contributed by atoms with Crippen molar-refractivity contribution >= 4 is 23.6 Å². The second kappa shape index (κ2) is 7.00. The SMILES string of the molecule is C=C1NC2(CCOCC2)C(OC(=S)C=O)C1c1c(C)cc(C2CN2)cc1C. The third-order valence-corrected chi connectivity index (χ3v) is 6.29. The van der Waals surface area contributed by atoms with Gasteiger partial charge in [0.1, 0.15) is 6.10 Å². The van der Waals surface area contributed by atoms with Crippen molar-refractivity contribution in [2.75, 3.05) is 19.8 Å². The molecule has 3 saturated heterocycles. The standard InChI is InChI=1S/C21H26N2O3S/c1-12-8-15(16-10-22-16)9-13(2)18(12)19-14(3)23-21(4-6-25-7-5-21)20(19)26-17(27)11-24/h8-9,11,16,19-20,22-23H,3-7,10H2,1-2H3. The lowest BCUT2D eigenvalue weighted by molar-refractivity contribution is -0.104. The van der Waals surface area contributed by atoms with Crippen LogP contribution in [-0.2, 0) is 14.3 Å². The highest BCUT2D eigenvalue weighted by Crippen LogP contribution is 2.47. The number of hydrogen-bond acceptors (Lipinski definition) is 6. The zero-order valence-corrected chi connectivity index (χ0v) is 16.7. The molecule has 3 aliphatic rings. The molecular formula is C21H26N2O3S. The zero-order valence-electron chi connectivity index (χ0n) is 15.8. The maximum atomic E-state index is 11.2. The van der Waals surface area contributed by atoms with Crippen LogP contribution in [0.2, 0.25) is 0 Å². The Morgan fingerprint density at radius 3 is 2.52 bits per heavy atom. The zero-order chi connectivity index (χ0) is 19.2. The number of benzene rings is 1. The van der Waals surface area contributed by atoms with Gasteiger partial charge >= 0.3 is 0 Å². The van der Waals surface area contributed by atoms with Crippen LogP contribution in [0, 0.1) is 13.8 Å². The Morgan fingerprint density at radius 1 is 1.33 bits per heavy atom. The monoisotopic (exact) mass is 386 g/mol. The van der Waals surface area contributed by atoms with E-state index in [-0.39, 0.29) is 22.6 Å². The molecule has 144 valence electrons. The lowest BCUT2D eigenvalue weighted by Gasteiger charge is -2.39. The molecular weight excluding hydrogens is 360 g/mol. The topological polar surface area (TPSA) is 69.5 Å². The van der Waals surface area contributed by atoms with Crippen LogP contribution in [0.1, 0.15) is 47.1 Å². The van der Waals surface area contributed by atoms with Gasteiger partial charge in [-0.05, 0) is 61.2 Å². The summed E-state index contributed by atoms with van der Waals surface area (Å²) in [6, 6.07) is 4.98. The fourth-order valence-electron chi connectivity index (χ4n) is 4.77. The van der Waals surface area contributed by atoms with E-state index >= 15 is 0 Å². The van der Waals surface area contributed by atoms with Gasteiger partial charge in [-0.25, -0.2) is 0 Å².